The van der Waals surface area contributed by atoms with Gasteiger partial charge in [-0.2, -0.15) is 0 Å². The summed E-state index contributed by atoms with van der Waals surface area (Å²) in [7, 11) is 0. The highest BCUT2D eigenvalue weighted by atomic mass is 16.5. The normalized spacial score (nSPS) is 30.4. The average Bonchev–Trinajstić information content (AvgIpc) is 2.80. The Morgan fingerprint density at radius 2 is 1.83 bits per heavy atom. The van der Waals surface area contributed by atoms with Gasteiger partial charge in [0.25, 0.3) is 0 Å². The maximum absolute atomic E-state index is 12.3. The first-order chi connectivity index (χ1) is 8.66. The van der Waals surface area contributed by atoms with Crippen LogP contribution in [0.15, 0.2) is 0 Å². The molecule has 1 amide bonds. The van der Waals surface area contributed by atoms with E-state index in [0.29, 0.717) is 24.7 Å². The van der Waals surface area contributed by atoms with E-state index in [1.807, 2.05) is 4.90 Å². The number of carbonyl (C=O) groups is 1. The van der Waals surface area contributed by atoms with E-state index >= 15 is 0 Å². The van der Waals surface area contributed by atoms with Crippen molar-refractivity contribution in [1.82, 2.24) is 4.90 Å². The molecule has 1 heterocycles. The molecule has 2 fully saturated rings. The van der Waals surface area contributed by atoms with Gasteiger partial charge in [-0.1, -0.05) is 26.2 Å². The fourth-order valence-electron chi connectivity index (χ4n) is 3.20. The van der Waals surface area contributed by atoms with Gasteiger partial charge in [-0.05, 0) is 38.5 Å². The van der Waals surface area contributed by atoms with E-state index in [9.17, 15) is 4.79 Å². The van der Waals surface area contributed by atoms with Crippen LogP contribution in [0.5, 0.6) is 0 Å². The quantitative estimate of drug-likeness (QED) is 0.774. The number of likely N-dealkylation sites (tertiary alicyclic amines) is 1. The lowest BCUT2D eigenvalue weighted by Crippen LogP contribution is -2.42. The molecule has 0 spiro atoms. The number of carbonyl (C=O) groups excluding carboxylic acids is 1. The molecule has 0 aromatic heterocycles. The van der Waals surface area contributed by atoms with Gasteiger partial charge in [-0.25, -0.2) is 0 Å². The van der Waals surface area contributed by atoms with Crippen molar-refractivity contribution in [3.05, 3.63) is 0 Å². The lowest BCUT2D eigenvalue weighted by atomic mass is 10.1. The Bertz CT molecular complexity index is 274. The zero-order chi connectivity index (χ0) is 13.0. The molecule has 0 bridgehead atoms. The van der Waals surface area contributed by atoms with Crippen LogP contribution in [0.25, 0.3) is 0 Å². The minimum atomic E-state index is 0.197. The summed E-state index contributed by atoms with van der Waals surface area (Å²) >= 11 is 0. The summed E-state index contributed by atoms with van der Waals surface area (Å²) in [5.74, 6) is 0.827. The minimum absolute atomic E-state index is 0.197. The number of rotatable bonds is 3. The summed E-state index contributed by atoms with van der Waals surface area (Å²) in [6, 6.07) is 0.384. The van der Waals surface area contributed by atoms with E-state index < -0.39 is 0 Å². The van der Waals surface area contributed by atoms with Crippen LogP contribution in [0.4, 0.5) is 0 Å². The second-order valence-electron chi connectivity index (χ2n) is 6.15. The predicted octanol–water partition coefficient (Wildman–Crippen LogP) is 2.98. The molecule has 3 heteroatoms. The third-order valence-electron chi connectivity index (χ3n) is 4.42. The van der Waals surface area contributed by atoms with Gasteiger partial charge in [0.15, 0.2) is 0 Å². The van der Waals surface area contributed by atoms with Crippen LogP contribution >= 0.6 is 0 Å². The lowest BCUT2D eigenvalue weighted by Gasteiger charge is -2.29. The highest BCUT2D eigenvalue weighted by molar-refractivity contribution is 5.77. The second kappa shape index (κ2) is 6.55. The van der Waals surface area contributed by atoms with Gasteiger partial charge in [0, 0.05) is 12.6 Å². The van der Waals surface area contributed by atoms with Gasteiger partial charge in [-0.3, -0.25) is 4.79 Å². The molecule has 2 atom stereocenters. The molecule has 0 aromatic rings. The van der Waals surface area contributed by atoms with Crippen LogP contribution in [0.2, 0.25) is 0 Å². The molecule has 104 valence electrons. The number of hydrogen-bond acceptors (Lipinski definition) is 2. The van der Waals surface area contributed by atoms with Gasteiger partial charge in [-0.15, -0.1) is 0 Å². The van der Waals surface area contributed by atoms with E-state index in [1.165, 1.54) is 25.7 Å². The van der Waals surface area contributed by atoms with Crippen molar-refractivity contribution >= 4 is 5.91 Å². The molecule has 2 rings (SSSR count). The van der Waals surface area contributed by atoms with E-state index in [2.05, 4.69) is 13.8 Å². The molecule has 0 aromatic carbocycles. The molecule has 18 heavy (non-hydrogen) atoms. The maximum Gasteiger partial charge on any atom is 0.248 e. The first-order valence-electron chi connectivity index (χ1n) is 7.58. The summed E-state index contributed by atoms with van der Waals surface area (Å²) in [4.78, 5) is 14.3. The first-order valence-corrected chi connectivity index (χ1v) is 7.58. The van der Waals surface area contributed by atoms with Crippen LogP contribution in [0.3, 0.4) is 0 Å². The van der Waals surface area contributed by atoms with E-state index in [0.717, 1.165) is 25.8 Å². The van der Waals surface area contributed by atoms with Crippen LogP contribution < -0.4 is 0 Å². The first kappa shape index (κ1) is 13.9. The van der Waals surface area contributed by atoms with Crippen molar-refractivity contribution in [3.8, 4) is 0 Å². The Hall–Kier alpha value is -0.570. The predicted molar refractivity (Wildman–Crippen MR) is 72.4 cm³/mol. The number of hydrogen-bond donors (Lipinski definition) is 0. The third kappa shape index (κ3) is 3.71. The van der Waals surface area contributed by atoms with Crippen LogP contribution in [-0.2, 0) is 9.53 Å². The largest absolute Gasteiger partial charge is 0.368 e. The molecule has 1 aliphatic heterocycles. The van der Waals surface area contributed by atoms with Crippen LogP contribution in [0, 0.1) is 5.92 Å². The van der Waals surface area contributed by atoms with E-state index in [1.54, 1.807) is 0 Å². The van der Waals surface area contributed by atoms with Gasteiger partial charge in [0.05, 0.1) is 6.10 Å². The Labute approximate surface area is 111 Å². The van der Waals surface area contributed by atoms with Gasteiger partial charge < -0.3 is 9.64 Å². The summed E-state index contributed by atoms with van der Waals surface area (Å²) in [5.41, 5.74) is 0. The number of ether oxygens (including phenoxy) is 1. The molecule has 1 saturated heterocycles. The van der Waals surface area contributed by atoms with Crippen molar-refractivity contribution in [3.63, 3.8) is 0 Å². The summed E-state index contributed by atoms with van der Waals surface area (Å²) < 4.78 is 5.75. The topological polar surface area (TPSA) is 29.5 Å². The molecule has 0 unspecified atom stereocenters. The standard InChI is InChI=1S/C15H27NO2/c1-12-6-5-7-13(2)16(10-12)15(17)11-18-14-8-3-4-9-14/h12-14H,3-11H2,1-2H3/t12-,13+/m0/s1. The Balaban J connectivity index is 1.81. The second-order valence-corrected chi connectivity index (χ2v) is 6.15. The molecule has 0 radical (unpaired) electrons. The molecule has 0 N–H and O–H groups in total. The van der Waals surface area contributed by atoms with Crippen molar-refractivity contribution < 1.29 is 9.53 Å². The molecular formula is C15H27NO2. The SMILES string of the molecule is C[C@H]1CCC[C@@H](C)N(C(=O)COC2CCCC2)C1. The van der Waals surface area contributed by atoms with Crippen molar-refractivity contribution in [1.29, 1.82) is 0 Å². The monoisotopic (exact) mass is 253 g/mol. The zero-order valence-corrected chi connectivity index (χ0v) is 11.9. The lowest BCUT2D eigenvalue weighted by molar-refractivity contribution is -0.140. The maximum atomic E-state index is 12.3. The third-order valence-corrected chi connectivity index (χ3v) is 4.42. The number of amides is 1. The molecule has 1 aliphatic carbocycles. The van der Waals surface area contributed by atoms with E-state index in [4.69, 9.17) is 4.74 Å². The van der Waals surface area contributed by atoms with Crippen molar-refractivity contribution in [2.45, 2.75) is 70.9 Å². The van der Waals surface area contributed by atoms with Gasteiger partial charge in [0.2, 0.25) is 5.91 Å². The minimum Gasteiger partial charge on any atom is -0.368 e. The van der Waals surface area contributed by atoms with Crippen molar-refractivity contribution in [2.24, 2.45) is 5.92 Å². The Morgan fingerprint density at radius 3 is 2.56 bits per heavy atom. The van der Waals surface area contributed by atoms with Gasteiger partial charge >= 0.3 is 0 Å². The molecular weight excluding hydrogens is 226 g/mol. The van der Waals surface area contributed by atoms with Gasteiger partial charge in [0.1, 0.15) is 6.61 Å². The molecule has 1 saturated carbocycles. The summed E-state index contributed by atoms with van der Waals surface area (Å²) in [6.07, 6.45) is 8.77. The van der Waals surface area contributed by atoms with Crippen molar-refractivity contribution in [2.75, 3.05) is 13.2 Å². The Kier molecular flexibility index (Phi) is 5.04. The highest BCUT2D eigenvalue weighted by Crippen LogP contribution is 2.23. The smallest absolute Gasteiger partial charge is 0.248 e. The highest BCUT2D eigenvalue weighted by Gasteiger charge is 2.26. The fraction of sp³-hybridized carbons (Fsp3) is 0.933. The summed E-state index contributed by atoms with van der Waals surface area (Å²) in [6.45, 7) is 5.62. The molecule has 3 nitrogen and oxygen atoms in total. The Morgan fingerprint density at radius 1 is 1.11 bits per heavy atom. The summed E-state index contributed by atoms with van der Waals surface area (Å²) in [5, 5.41) is 0. The van der Waals surface area contributed by atoms with Crippen LogP contribution in [0.1, 0.15) is 58.8 Å². The fourth-order valence-corrected chi connectivity index (χ4v) is 3.20. The van der Waals surface area contributed by atoms with Crippen LogP contribution in [-0.4, -0.2) is 36.1 Å². The van der Waals surface area contributed by atoms with E-state index in [-0.39, 0.29) is 5.91 Å². The number of nitrogens with zero attached hydrogens (tertiary/aromatic N) is 1. The zero-order valence-electron chi connectivity index (χ0n) is 11.9. The average molecular weight is 253 g/mol. The molecule has 2 aliphatic rings.